The first-order chi connectivity index (χ1) is 6.52. The summed E-state index contributed by atoms with van der Waals surface area (Å²) >= 11 is 0. The van der Waals surface area contributed by atoms with Gasteiger partial charge in [-0.2, -0.15) is 0 Å². The lowest BCUT2D eigenvalue weighted by molar-refractivity contribution is 0.228. The fraction of sp³-hybridized carbons (Fsp3) is 1.00. The molecule has 0 spiro atoms. The highest BCUT2D eigenvalue weighted by atomic mass is 14.2. The third kappa shape index (κ3) is 5.02. The monoisotopic (exact) mass is 198 g/mol. The van der Waals surface area contributed by atoms with E-state index in [1.807, 2.05) is 0 Å². The van der Waals surface area contributed by atoms with E-state index in [2.05, 4.69) is 41.5 Å². The summed E-state index contributed by atoms with van der Waals surface area (Å²) < 4.78 is 0. The normalized spacial score (nSPS) is 20.1. The minimum absolute atomic E-state index is 0.893. The van der Waals surface area contributed by atoms with Gasteiger partial charge in [-0.15, -0.1) is 0 Å². The average molecular weight is 198 g/mol. The number of rotatable bonds is 7. The molecule has 14 heavy (non-hydrogen) atoms. The second-order valence-electron chi connectivity index (χ2n) is 5.35. The molecule has 0 aromatic rings. The van der Waals surface area contributed by atoms with Gasteiger partial charge in [0.15, 0.2) is 0 Å². The van der Waals surface area contributed by atoms with Crippen LogP contribution in [0.15, 0.2) is 0 Å². The van der Waals surface area contributed by atoms with E-state index in [4.69, 9.17) is 0 Å². The van der Waals surface area contributed by atoms with Crippen molar-refractivity contribution in [2.24, 2.45) is 23.7 Å². The maximum Gasteiger partial charge on any atom is -0.0391 e. The van der Waals surface area contributed by atoms with Crippen LogP contribution in [0.25, 0.3) is 0 Å². The van der Waals surface area contributed by atoms with Gasteiger partial charge in [-0.25, -0.2) is 0 Å². The molecule has 0 heteroatoms. The fourth-order valence-electron chi connectivity index (χ4n) is 2.30. The summed E-state index contributed by atoms with van der Waals surface area (Å²) in [5.74, 6) is 3.59. The van der Waals surface area contributed by atoms with Gasteiger partial charge in [-0.05, 0) is 30.1 Å². The first-order valence-electron chi connectivity index (χ1n) is 6.52. The van der Waals surface area contributed by atoms with Gasteiger partial charge in [0.1, 0.15) is 0 Å². The van der Waals surface area contributed by atoms with Crippen molar-refractivity contribution in [3.8, 4) is 0 Å². The molecule has 0 aromatic heterocycles. The van der Waals surface area contributed by atoms with Gasteiger partial charge in [0, 0.05) is 0 Å². The average Bonchev–Trinajstić information content (AvgIpc) is 2.16. The molecule has 0 nitrogen and oxygen atoms in total. The number of hydrogen-bond acceptors (Lipinski definition) is 0. The molecule has 0 bridgehead atoms. The van der Waals surface area contributed by atoms with Crippen LogP contribution < -0.4 is 0 Å². The van der Waals surface area contributed by atoms with Crippen molar-refractivity contribution in [1.29, 1.82) is 0 Å². The van der Waals surface area contributed by atoms with Crippen LogP contribution in [0.1, 0.15) is 67.2 Å². The Morgan fingerprint density at radius 2 is 1.43 bits per heavy atom. The van der Waals surface area contributed by atoms with Crippen molar-refractivity contribution in [1.82, 2.24) is 0 Å². The van der Waals surface area contributed by atoms with Crippen LogP contribution in [0, 0.1) is 23.7 Å². The van der Waals surface area contributed by atoms with Crippen molar-refractivity contribution < 1.29 is 0 Å². The van der Waals surface area contributed by atoms with Crippen LogP contribution in [0.3, 0.4) is 0 Å². The zero-order valence-corrected chi connectivity index (χ0v) is 11.1. The second-order valence-corrected chi connectivity index (χ2v) is 5.35. The van der Waals surface area contributed by atoms with Gasteiger partial charge in [-0.3, -0.25) is 0 Å². The predicted molar refractivity (Wildman–Crippen MR) is 66.5 cm³/mol. The van der Waals surface area contributed by atoms with E-state index < -0.39 is 0 Å². The molecule has 0 aliphatic carbocycles. The Balaban J connectivity index is 3.90. The van der Waals surface area contributed by atoms with E-state index in [0.717, 1.165) is 23.7 Å². The molecule has 0 N–H and O–H groups in total. The Kier molecular flexibility index (Phi) is 7.31. The first kappa shape index (κ1) is 14.0. The lowest BCUT2D eigenvalue weighted by Gasteiger charge is -2.27. The van der Waals surface area contributed by atoms with Crippen LogP contribution in [-0.2, 0) is 0 Å². The van der Waals surface area contributed by atoms with Crippen LogP contribution in [-0.4, -0.2) is 0 Å². The quantitative estimate of drug-likeness (QED) is 0.532. The van der Waals surface area contributed by atoms with Crippen molar-refractivity contribution in [3.05, 3.63) is 0 Å². The molecule has 0 aliphatic heterocycles. The lowest BCUT2D eigenvalue weighted by Crippen LogP contribution is -2.18. The summed E-state index contributed by atoms with van der Waals surface area (Å²) in [7, 11) is 0. The maximum atomic E-state index is 2.44. The van der Waals surface area contributed by atoms with E-state index >= 15 is 0 Å². The van der Waals surface area contributed by atoms with Crippen LogP contribution in [0.2, 0.25) is 0 Å². The molecule has 0 radical (unpaired) electrons. The molecule has 0 saturated carbocycles. The summed E-state index contributed by atoms with van der Waals surface area (Å²) in [4.78, 5) is 0. The summed E-state index contributed by atoms with van der Waals surface area (Å²) in [6.07, 6.45) is 5.47. The minimum Gasteiger partial charge on any atom is -0.0654 e. The highest BCUT2D eigenvalue weighted by molar-refractivity contribution is 4.69. The van der Waals surface area contributed by atoms with Gasteiger partial charge >= 0.3 is 0 Å². The molecule has 0 fully saturated rings. The van der Waals surface area contributed by atoms with Gasteiger partial charge in [0.05, 0.1) is 0 Å². The third-order valence-electron chi connectivity index (χ3n) is 4.01. The molecule has 0 saturated heterocycles. The van der Waals surface area contributed by atoms with Crippen molar-refractivity contribution >= 4 is 0 Å². The van der Waals surface area contributed by atoms with E-state index in [1.165, 1.54) is 25.7 Å². The lowest BCUT2D eigenvalue weighted by atomic mass is 9.78. The summed E-state index contributed by atoms with van der Waals surface area (Å²) in [5.41, 5.74) is 0. The minimum atomic E-state index is 0.893. The van der Waals surface area contributed by atoms with E-state index in [1.54, 1.807) is 0 Å². The SMILES string of the molecule is CCCC(C)C(C)C(C)CC(C)CC. The van der Waals surface area contributed by atoms with Crippen LogP contribution in [0.4, 0.5) is 0 Å². The highest BCUT2D eigenvalue weighted by Crippen LogP contribution is 2.29. The van der Waals surface area contributed by atoms with Crippen LogP contribution >= 0.6 is 0 Å². The molecule has 0 heterocycles. The fourth-order valence-corrected chi connectivity index (χ4v) is 2.30. The molecular formula is C14H30. The molecule has 0 rings (SSSR count). The topological polar surface area (TPSA) is 0 Å². The molecule has 4 unspecified atom stereocenters. The maximum absolute atomic E-state index is 2.44. The highest BCUT2D eigenvalue weighted by Gasteiger charge is 2.19. The largest absolute Gasteiger partial charge is 0.0654 e. The molecule has 0 amide bonds. The van der Waals surface area contributed by atoms with Crippen molar-refractivity contribution in [2.75, 3.05) is 0 Å². The third-order valence-corrected chi connectivity index (χ3v) is 4.01. The van der Waals surface area contributed by atoms with Gasteiger partial charge < -0.3 is 0 Å². The van der Waals surface area contributed by atoms with E-state index in [9.17, 15) is 0 Å². The zero-order valence-electron chi connectivity index (χ0n) is 11.1. The Hall–Kier alpha value is 0. The summed E-state index contributed by atoms with van der Waals surface area (Å²) in [6, 6.07) is 0. The van der Waals surface area contributed by atoms with Crippen LogP contribution in [0.5, 0.6) is 0 Å². The first-order valence-corrected chi connectivity index (χ1v) is 6.52. The summed E-state index contributed by atoms with van der Waals surface area (Å²) in [5, 5.41) is 0. The van der Waals surface area contributed by atoms with Gasteiger partial charge in [0.2, 0.25) is 0 Å². The Morgan fingerprint density at radius 1 is 0.857 bits per heavy atom. The molecule has 0 aromatic carbocycles. The second kappa shape index (κ2) is 7.31. The van der Waals surface area contributed by atoms with E-state index in [0.29, 0.717) is 0 Å². The molecule has 4 atom stereocenters. The van der Waals surface area contributed by atoms with Gasteiger partial charge in [-0.1, -0.05) is 60.8 Å². The smallest absolute Gasteiger partial charge is 0.0391 e. The Bertz CT molecular complexity index is 128. The van der Waals surface area contributed by atoms with E-state index in [-0.39, 0.29) is 0 Å². The summed E-state index contributed by atoms with van der Waals surface area (Å²) in [6.45, 7) is 14.3. The Labute approximate surface area is 91.5 Å². The predicted octanol–water partition coefficient (Wildman–Crippen LogP) is 5.13. The zero-order chi connectivity index (χ0) is 11.1. The number of hydrogen-bond donors (Lipinski definition) is 0. The van der Waals surface area contributed by atoms with Crippen molar-refractivity contribution in [3.63, 3.8) is 0 Å². The Morgan fingerprint density at radius 3 is 1.86 bits per heavy atom. The molecule has 0 aliphatic rings. The molecular weight excluding hydrogens is 168 g/mol. The molecule has 86 valence electrons. The van der Waals surface area contributed by atoms with Gasteiger partial charge in [0.25, 0.3) is 0 Å². The van der Waals surface area contributed by atoms with Crippen molar-refractivity contribution in [2.45, 2.75) is 67.2 Å². The standard InChI is InChI=1S/C14H30/c1-7-9-12(4)14(6)13(5)10-11(3)8-2/h11-14H,7-10H2,1-6H3.